The van der Waals surface area contributed by atoms with E-state index in [2.05, 4.69) is 11.4 Å². The molecule has 0 amide bonds. The van der Waals surface area contributed by atoms with Crippen LogP contribution < -0.4 is 5.32 Å². The molecule has 0 bridgehead atoms. The number of sulfone groups is 1. The second kappa shape index (κ2) is 4.95. The Morgan fingerprint density at radius 1 is 1.21 bits per heavy atom. The van der Waals surface area contributed by atoms with E-state index in [1.54, 1.807) is 18.2 Å². The lowest BCUT2D eigenvalue weighted by Gasteiger charge is -2.30. The molecule has 1 aliphatic heterocycles. The Balaban J connectivity index is 2.52. The van der Waals surface area contributed by atoms with Gasteiger partial charge in [0.25, 0.3) is 0 Å². The summed E-state index contributed by atoms with van der Waals surface area (Å²) in [6, 6.07) is 7.14. The van der Waals surface area contributed by atoms with Gasteiger partial charge in [-0.2, -0.15) is 5.26 Å². The fourth-order valence-corrected chi connectivity index (χ4v) is 4.27. The number of nitriles is 1. The second-order valence-corrected chi connectivity index (χ2v) is 7.37. The molecule has 4 nitrogen and oxygen atoms in total. The minimum absolute atomic E-state index is 0.263. The summed E-state index contributed by atoms with van der Waals surface area (Å²) < 4.78 is 24.2. The van der Waals surface area contributed by atoms with Crippen molar-refractivity contribution in [2.75, 3.05) is 13.1 Å². The standard InChI is InChI=1S/C14H18N2O2S/c1-11-3-4-13(9-12(11)2)19(17,18)14(10-15)5-7-16-8-6-14/h3-4,9,16H,5-8H2,1-2H3. The van der Waals surface area contributed by atoms with Gasteiger partial charge in [0.05, 0.1) is 11.0 Å². The molecule has 1 saturated heterocycles. The smallest absolute Gasteiger partial charge is 0.197 e. The van der Waals surface area contributed by atoms with Crippen LogP contribution in [0.15, 0.2) is 23.1 Å². The van der Waals surface area contributed by atoms with Crippen molar-refractivity contribution >= 4 is 9.84 Å². The summed E-state index contributed by atoms with van der Waals surface area (Å²) in [5.74, 6) is 0. The van der Waals surface area contributed by atoms with Gasteiger partial charge in [-0.05, 0) is 63.0 Å². The van der Waals surface area contributed by atoms with Crippen LogP contribution in [0.4, 0.5) is 0 Å². The molecule has 0 atom stereocenters. The van der Waals surface area contributed by atoms with Gasteiger partial charge in [-0.15, -0.1) is 0 Å². The number of nitrogens with zero attached hydrogens (tertiary/aromatic N) is 1. The highest BCUT2D eigenvalue weighted by Gasteiger charge is 2.46. The lowest BCUT2D eigenvalue weighted by atomic mass is 9.99. The average Bonchev–Trinajstić information content (AvgIpc) is 2.42. The van der Waals surface area contributed by atoms with E-state index in [0.29, 0.717) is 25.9 Å². The van der Waals surface area contributed by atoms with Crippen molar-refractivity contribution in [3.05, 3.63) is 29.3 Å². The Labute approximate surface area is 114 Å². The third-order valence-corrected chi connectivity index (χ3v) is 6.32. The van der Waals surface area contributed by atoms with Crippen LogP contribution in [0.2, 0.25) is 0 Å². The molecule has 1 aliphatic rings. The van der Waals surface area contributed by atoms with Gasteiger partial charge in [-0.1, -0.05) is 6.07 Å². The summed E-state index contributed by atoms with van der Waals surface area (Å²) in [6.45, 7) is 4.96. The Kier molecular flexibility index (Phi) is 3.66. The average molecular weight is 278 g/mol. The molecule has 5 heteroatoms. The molecule has 0 radical (unpaired) electrons. The van der Waals surface area contributed by atoms with Gasteiger partial charge in [0.1, 0.15) is 0 Å². The fourth-order valence-electron chi connectivity index (χ4n) is 2.38. The van der Waals surface area contributed by atoms with Gasteiger partial charge in [0.15, 0.2) is 14.6 Å². The summed E-state index contributed by atoms with van der Waals surface area (Å²) in [4.78, 5) is 0.263. The molecule has 0 saturated carbocycles. The third kappa shape index (κ3) is 2.26. The molecule has 0 spiro atoms. The van der Waals surface area contributed by atoms with Gasteiger partial charge in [-0.25, -0.2) is 8.42 Å². The molecule has 0 aromatic heterocycles. The molecule has 0 aliphatic carbocycles. The first-order chi connectivity index (χ1) is 8.93. The Morgan fingerprint density at radius 3 is 2.37 bits per heavy atom. The molecule has 1 fully saturated rings. The molecule has 2 rings (SSSR count). The summed E-state index contributed by atoms with van der Waals surface area (Å²) in [6.07, 6.45) is 0.692. The van der Waals surface area contributed by atoms with Gasteiger partial charge in [0, 0.05) is 0 Å². The van der Waals surface area contributed by atoms with Crippen LogP contribution in [0, 0.1) is 25.2 Å². The number of piperidine rings is 1. The molecule has 19 heavy (non-hydrogen) atoms. The van der Waals surface area contributed by atoms with Crippen LogP contribution in [-0.2, 0) is 9.84 Å². The molecule has 0 unspecified atom stereocenters. The SMILES string of the molecule is Cc1ccc(S(=O)(=O)C2(C#N)CCNCC2)cc1C. The van der Waals surface area contributed by atoms with Crippen molar-refractivity contribution in [1.29, 1.82) is 5.26 Å². The summed E-state index contributed by atoms with van der Waals surface area (Å²) in [5.41, 5.74) is 1.98. The molecular weight excluding hydrogens is 260 g/mol. The van der Waals surface area contributed by atoms with Crippen LogP contribution >= 0.6 is 0 Å². The zero-order valence-electron chi connectivity index (χ0n) is 11.2. The van der Waals surface area contributed by atoms with E-state index in [1.165, 1.54) is 0 Å². The maximum absolute atomic E-state index is 12.8. The fraction of sp³-hybridized carbons (Fsp3) is 0.500. The monoisotopic (exact) mass is 278 g/mol. The van der Waals surface area contributed by atoms with E-state index < -0.39 is 14.6 Å². The zero-order valence-corrected chi connectivity index (χ0v) is 12.0. The van der Waals surface area contributed by atoms with Crippen molar-refractivity contribution in [1.82, 2.24) is 5.32 Å². The number of nitrogens with one attached hydrogen (secondary N) is 1. The Morgan fingerprint density at radius 2 is 1.84 bits per heavy atom. The molecule has 102 valence electrons. The lowest BCUT2D eigenvalue weighted by Crippen LogP contribution is -2.46. The van der Waals surface area contributed by atoms with Crippen molar-refractivity contribution in [2.45, 2.75) is 36.3 Å². The number of benzene rings is 1. The van der Waals surface area contributed by atoms with E-state index in [0.717, 1.165) is 11.1 Å². The van der Waals surface area contributed by atoms with Gasteiger partial charge in [-0.3, -0.25) is 0 Å². The van der Waals surface area contributed by atoms with E-state index >= 15 is 0 Å². The highest BCUT2D eigenvalue weighted by Crippen LogP contribution is 2.33. The molecule has 1 aromatic rings. The molecule has 1 heterocycles. The van der Waals surface area contributed by atoms with Crippen LogP contribution in [0.25, 0.3) is 0 Å². The maximum Gasteiger partial charge on any atom is 0.197 e. The highest BCUT2D eigenvalue weighted by atomic mass is 32.2. The summed E-state index contributed by atoms with van der Waals surface area (Å²) in [7, 11) is -3.61. The van der Waals surface area contributed by atoms with Gasteiger partial charge < -0.3 is 5.32 Å². The van der Waals surface area contributed by atoms with Crippen molar-refractivity contribution in [3.8, 4) is 6.07 Å². The molecule has 1 aromatic carbocycles. The summed E-state index contributed by atoms with van der Waals surface area (Å²) in [5, 5.41) is 12.5. The number of hydrogen-bond acceptors (Lipinski definition) is 4. The predicted octanol–water partition coefficient (Wildman–Crippen LogP) is 1.72. The lowest BCUT2D eigenvalue weighted by molar-refractivity contribution is 0.444. The molecule has 1 N–H and O–H groups in total. The number of hydrogen-bond donors (Lipinski definition) is 1. The first-order valence-electron chi connectivity index (χ1n) is 6.37. The highest BCUT2D eigenvalue weighted by molar-refractivity contribution is 7.93. The van der Waals surface area contributed by atoms with Crippen molar-refractivity contribution in [3.63, 3.8) is 0 Å². The zero-order chi connectivity index (χ0) is 14.1. The molecular formula is C14H18N2O2S. The van der Waals surface area contributed by atoms with Crippen LogP contribution in [-0.4, -0.2) is 26.3 Å². The topological polar surface area (TPSA) is 70.0 Å². The first-order valence-corrected chi connectivity index (χ1v) is 7.85. The van der Waals surface area contributed by atoms with Crippen LogP contribution in [0.3, 0.4) is 0 Å². The quantitative estimate of drug-likeness (QED) is 0.894. The number of rotatable bonds is 2. The van der Waals surface area contributed by atoms with Crippen LogP contribution in [0.5, 0.6) is 0 Å². The largest absolute Gasteiger partial charge is 0.317 e. The van der Waals surface area contributed by atoms with E-state index in [1.807, 2.05) is 13.8 Å². The minimum Gasteiger partial charge on any atom is -0.317 e. The van der Waals surface area contributed by atoms with Crippen molar-refractivity contribution < 1.29 is 8.42 Å². The van der Waals surface area contributed by atoms with Crippen molar-refractivity contribution in [2.24, 2.45) is 0 Å². The van der Waals surface area contributed by atoms with Gasteiger partial charge in [0.2, 0.25) is 0 Å². The van der Waals surface area contributed by atoms with E-state index in [-0.39, 0.29) is 4.90 Å². The van der Waals surface area contributed by atoms with E-state index in [9.17, 15) is 13.7 Å². The van der Waals surface area contributed by atoms with Crippen LogP contribution in [0.1, 0.15) is 24.0 Å². The number of aryl methyl sites for hydroxylation is 2. The normalized spacial score (nSPS) is 18.8. The maximum atomic E-state index is 12.8. The Bertz CT molecular complexity index is 623. The van der Waals surface area contributed by atoms with E-state index in [4.69, 9.17) is 0 Å². The summed E-state index contributed by atoms with van der Waals surface area (Å²) >= 11 is 0. The second-order valence-electron chi connectivity index (χ2n) is 5.11. The Hall–Kier alpha value is -1.38. The minimum atomic E-state index is -3.61. The van der Waals surface area contributed by atoms with Gasteiger partial charge >= 0.3 is 0 Å². The first kappa shape index (κ1) is 14.0. The third-order valence-electron chi connectivity index (χ3n) is 3.92. The predicted molar refractivity (Wildman–Crippen MR) is 73.5 cm³/mol.